The molecule has 0 aliphatic rings. The molecule has 2 aromatic carbocycles. The summed E-state index contributed by atoms with van der Waals surface area (Å²) >= 11 is 0. The van der Waals surface area contributed by atoms with Crippen LogP contribution in [-0.2, 0) is 6.42 Å². The Balaban J connectivity index is 2.24. The summed E-state index contributed by atoms with van der Waals surface area (Å²) in [6.45, 7) is 4.29. The fraction of sp³-hybridized carbons (Fsp3) is 0.294. The number of hydrogen-bond donors (Lipinski definition) is 2. The highest BCUT2D eigenvalue weighted by molar-refractivity contribution is 5.36. The minimum Gasteiger partial charge on any atom is -0.497 e. The van der Waals surface area contributed by atoms with E-state index in [1.54, 1.807) is 7.11 Å². The van der Waals surface area contributed by atoms with E-state index in [2.05, 4.69) is 49.6 Å². The van der Waals surface area contributed by atoms with Crippen molar-refractivity contribution in [3.05, 3.63) is 64.7 Å². The maximum absolute atomic E-state index is 5.74. The van der Waals surface area contributed by atoms with Crippen LogP contribution in [0.4, 0.5) is 0 Å². The number of methoxy groups -OCH3 is 1. The molecule has 0 heterocycles. The van der Waals surface area contributed by atoms with E-state index in [1.165, 1.54) is 16.7 Å². The van der Waals surface area contributed by atoms with Crippen LogP contribution in [0.15, 0.2) is 42.5 Å². The van der Waals surface area contributed by atoms with E-state index in [0.29, 0.717) is 0 Å². The molecule has 106 valence electrons. The third kappa shape index (κ3) is 3.18. The number of ether oxygens (including phenoxy) is 1. The molecule has 0 fully saturated rings. The van der Waals surface area contributed by atoms with E-state index in [1.807, 2.05) is 12.1 Å². The summed E-state index contributed by atoms with van der Waals surface area (Å²) in [6, 6.07) is 14.5. The molecule has 1 unspecified atom stereocenters. The summed E-state index contributed by atoms with van der Waals surface area (Å²) < 4.78 is 5.19. The average Bonchev–Trinajstić information content (AvgIpc) is 2.47. The Kier molecular flexibility index (Phi) is 4.77. The average molecular weight is 270 g/mol. The molecule has 2 aromatic rings. The Hall–Kier alpha value is -1.84. The molecular formula is C17H22N2O. The van der Waals surface area contributed by atoms with Crippen LogP contribution >= 0.6 is 0 Å². The van der Waals surface area contributed by atoms with Crippen LogP contribution in [0.1, 0.15) is 28.3 Å². The number of rotatable bonds is 5. The molecule has 0 aromatic heterocycles. The van der Waals surface area contributed by atoms with E-state index >= 15 is 0 Å². The van der Waals surface area contributed by atoms with Crippen LogP contribution in [-0.4, -0.2) is 7.11 Å². The van der Waals surface area contributed by atoms with Crippen LogP contribution in [0.2, 0.25) is 0 Å². The van der Waals surface area contributed by atoms with Gasteiger partial charge in [0.25, 0.3) is 0 Å². The number of nitrogens with one attached hydrogen (secondary N) is 1. The topological polar surface area (TPSA) is 47.3 Å². The van der Waals surface area contributed by atoms with Gasteiger partial charge < -0.3 is 4.74 Å². The second-order valence-electron chi connectivity index (χ2n) is 5.07. The Bertz CT molecular complexity index is 543. The van der Waals surface area contributed by atoms with Crippen molar-refractivity contribution in [1.29, 1.82) is 0 Å². The fourth-order valence-electron chi connectivity index (χ4n) is 2.48. The monoisotopic (exact) mass is 270 g/mol. The molecule has 3 nitrogen and oxygen atoms in total. The smallest absolute Gasteiger partial charge is 0.118 e. The second kappa shape index (κ2) is 6.55. The van der Waals surface area contributed by atoms with Crippen LogP contribution in [0, 0.1) is 13.8 Å². The quantitative estimate of drug-likeness (QED) is 0.648. The zero-order chi connectivity index (χ0) is 14.5. The van der Waals surface area contributed by atoms with Gasteiger partial charge in [-0.25, -0.2) is 0 Å². The van der Waals surface area contributed by atoms with Gasteiger partial charge in [0, 0.05) is 0 Å². The molecule has 3 N–H and O–H groups in total. The van der Waals surface area contributed by atoms with Crippen molar-refractivity contribution in [2.75, 3.05) is 7.11 Å². The Labute approximate surface area is 120 Å². The maximum Gasteiger partial charge on any atom is 0.118 e. The Morgan fingerprint density at radius 2 is 1.65 bits per heavy atom. The summed E-state index contributed by atoms with van der Waals surface area (Å²) in [7, 11) is 1.67. The predicted molar refractivity (Wildman–Crippen MR) is 82.7 cm³/mol. The SMILES string of the molecule is COc1ccc(C(Cc2c(C)cccc2C)NN)cc1. The van der Waals surface area contributed by atoms with Crippen LogP contribution < -0.4 is 16.0 Å². The van der Waals surface area contributed by atoms with Gasteiger partial charge in [-0.2, -0.15) is 0 Å². The predicted octanol–water partition coefficient (Wildman–Crippen LogP) is 3.06. The van der Waals surface area contributed by atoms with Crippen LogP contribution in [0.25, 0.3) is 0 Å². The van der Waals surface area contributed by atoms with Crippen LogP contribution in [0.5, 0.6) is 5.75 Å². The van der Waals surface area contributed by atoms with Gasteiger partial charge in [-0.1, -0.05) is 30.3 Å². The third-order valence-electron chi connectivity index (χ3n) is 3.77. The summed E-state index contributed by atoms with van der Waals surface area (Å²) in [5.41, 5.74) is 8.04. The highest BCUT2D eigenvalue weighted by Gasteiger charge is 2.13. The Morgan fingerprint density at radius 1 is 1.05 bits per heavy atom. The molecule has 3 heteroatoms. The van der Waals surface area contributed by atoms with Crippen molar-refractivity contribution in [2.24, 2.45) is 5.84 Å². The summed E-state index contributed by atoms with van der Waals surface area (Å²) in [4.78, 5) is 0. The number of hydrazine groups is 1. The van der Waals surface area contributed by atoms with Gasteiger partial charge in [-0.15, -0.1) is 0 Å². The number of aryl methyl sites for hydroxylation is 2. The lowest BCUT2D eigenvalue weighted by atomic mass is 9.93. The normalized spacial score (nSPS) is 12.2. The van der Waals surface area contributed by atoms with E-state index in [4.69, 9.17) is 10.6 Å². The van der Waals surface area contributed by atoms with Crippen molar-refractivity contribution in [2.45, 2.75) is 26.3 Å². The van der Waals surface area contributed by atoms with E-state index in [0.717, 1.165) is 17.7 Å². The van der Waals surface area contributed by atoms with Crippen molar-refractivity contribution >= 4 is 0 Å². The number of hydrogen-bond acceptors (Lipinski definition) is 3. The second-order valence-corrected chi connectivity index (χ2v) is 5.07. The van der Waals surface area contributed by atoms with Crippen molar-refractivity contribution in [3.8, 4) is 5.75 Å². The molecule has 0 aliphatic heterocycles. The largest absolute Gasteiger partial charge is 0.497 e. The maximum atomic E-state index is 5.74. The lowest BCUT2D eigenvalue weighted by Crippen LogP contribution is -2.30. The number of nitrogens with two attached hydrogens (primary N) is 1. The standard InChI is InChI=1S/C17H22N2O/c1-12-5-4-6-13(2)16(12)11-17(19-18)14-7-9-15(20-3)10-8-14/h4-10,17,19H,11,18H2,1-3H3. The zero-order valence-corrected chi connectivity index (χ0v) is 12.3. The van der Waals surface area contributed by atoms with E-state index in [-0.39, 0.29) is 6.04 Å². The molecule has 0 saturated heterocycles. The highest BCUT2D eigenvalue weighted by Crippen LogP contribution is 2.24. The van der Waals surface area contributed by atoms with E-state index in [9.17, 15) is 0 Å². The highest BCUT2D eigenvalue weighted by atomic mass is 16.5. The van der Waals surface area contributed by atoms with Gasteiger partial charge in [0.2, 0.25) is 0 Å². The molecule has 0 aliphatic carbocycles. The Morgan fingerprint density at radius 3 is 2.15 bits per heavy atom. The molecule has 0 bridgehead atoms. The third-order valence-corrected chi connectivity index (χ3v) is 3.77. The van der Waals surface area contributed by atoms with Crippen LogP contribution in [0.3, 0.4) is 0 Å². The van der Waals surface area contributed by atoms with Gasteiger partial charge in [0.1, 0.15) is 5.75 Å². The van der Waals surface area contributed by atoms with Crippen molar-refractivity contribution < 1.29 is 4.74 Å². The molecule has 0 spiro atoms. The van der Waals surface area contributed by atoms with Gasteiger partial charge in [0.05, 0.1) is 13.2 Å². The minimum atomic E-state index is 0.0979. The molecule has 0 radical (unpaired) electrons. The minimum absolute atomic E-state index is 0.0979. The lowest BCUT2D eigenvalue weighted by molar-refractivity contribution is 0.414. The molecule has 0 amide bonds. The summed E-state index contributed by atoms with van der Waals surface area (Å²) in [6.07, 6.45) is 0.876. The summed E-state index contributed by atoms with van der Waals surface area (Å²) in [5, 5.41) is 0. The fourth-order valence-corrected chi connectivity index (χ4v) is 2.48. The first-order valence-corrected chi connectivity index (χ1v) is 6.81. The first-order chi connectivity index (χ1) is 9.65. The molecule has 20 heavy (non-hydrogen) atoms. The van der Waals surface area contributed by atoms with Gasteiger partial charge in [0.15, 0.2) is 0 Å². The zero-order valence-electron chi connectivity index (χ0n) is 12.3. The number of benzene rings is 2. The first kappa shape index (κ1) is 14.6. The lowest BCUT2D eigenvalue weighted by Gasteiger charge is -2.19. The van der Waals surface area contributed by atoms with Crippen molar-refractivity contribution in [3.63, 3.8) is 0 Å². The molecule has 2 rings (SSSR count). The molecule has 1 atom stereocenters. The summed E-state index contributed by atoms with van der Waals surface area (Å²) in [5.74, 6) is 6.60. The van der Waals surface area contributed by atoms with Gasteiger partial charge in [-0.05, 0) is 54.7 Å². The van der Waals surface area contributed by atoms with Gasteiger partial charge in [-0.3, -0.25) is 11.3 Å². The molecular weight excluding hydrogens is 248 g/mol. The molecule has 0 saturated carbocycles. The first-order valence-electron chi connectivity index (χ1n) is 6.81. The van der Waals surface area contributed by atoms with E-state index < -0.39 is 0 Å². The van der Waals surface area contributed by atoms with Crippen molar-refractivity contribution in [1.82, 2.24) is 5.43 Å². The van der Waals surface area contributed by atoms with Gasteiger partial charge >= 0.3 is 0 Å².